The molecule has 5 heteroatoms. The number of aliphatic carboxylic acids is 2. The van der Waals surface area contributed by atoms with E-state index in [0.717, 1.165) is 32.1 Å². The molecule has 0 aliphatic rings. The normalized spacial score (nSPS) is 12.3. The highest BCUT2D eigenvalue weighted by molar-refractivity contribution is 5.66. The third kappa shape index (κ3) is 12.8. The second-order valence-electron chi connectivity index (χ2n) is 4.39. The molecular weight excluding hydrogens is 222 g/mol. The van der Waals surface area contributed by atoms with Gasteiger partial charge in [0, 0.05) is 18.9 Å². The first-order chi connectivity index (χ1) is 8.02. The van der Waals surface area contributed by atoms with Crippen molar-refractivity contribution in [1.82, 2.24) is 0 Å². The summed E-state index contributed by atoms with van der Waals surface area (Å²) < 4.78 is 0. The monoisotopic (exact) mass is 245 g/mol. The summed E-state index contributed by atoms with van der Waals surface area (Å²) >= 11 is 0. The van der Waals surface area contributed by atoms with Crippen LogP contribution in [-0.4, -0.2) is 28.2 Å². The highest BCUT2D eigenvalue weighted by atomic mass is 16.4. The molecule has 0 rings (SSSR count). The second kappa shape index (κ2) is 10.1. The predicted octanol–water partition coefficient (Wildman–Crippen LogP) is 1.99. The minimum absolute atomic E-state index is 0.119. The van der Waals surface area contributed by atoms with Gasteiger partial charge in [0.05, 0.1) is 0 Å². The van der Waals surface area contributed by atoms with Crippen molar-refractivity contribution in [1.29, 1.82) is 0 Å². The van der Waals surface area contributed by atoms with Crippen LogP contribution in [0, 0.1) is 0 Å². The quantitative estimate of drug-likeness (QED) is 0.483. The zero-order chi connectivity index (χ0) is 13.1. The lowest BCUT2D eigenvalue weighted by molar-refractivity contribution is -0.138. The first-order valence-electron chi connectivity index (χ1n) is 6.21. The van der Waals surface area contributed by atoms with E-state index in [1.807, 2.05) is 0 Å². The van der Waals surface area contributed by atoms with E-state index in [1.165, 1.54) is 0 Å². The number of unbranched alkanes of at least 4 members (excludes halogenated alkanes) is 3. The Bertz CT molecular complexity index is 231. The van der Waals surface area contributed by atoms with Crippen molar-refractivity contribution in [3.63, 3.8) is 0 Å². The fraction of sp³-hybridized carbons (Fsp3) is 0.833. The molecule has 4 N–H and O–H groups in total. The summed E-state index contributed by atoms with van der Waals surface area (Å²) in [6, 6.07) is 0.119. The van der Waals surface area contributed by atoms with Gasteiger partial charge < -0.3 is 15.9 Å². The Kier molecular flexibility index (Phi) is 9.43. The van der Waals surface area contributed by atoms with E-state index in [-0.39, 0.29) is 18.9 Å². The number of nitrogens with two attached hydrogens (primary N) is 1. The molecule has 0 saturated carbocycles. The maximum absolute atomic E-state index is 10.3. The fourth-order valence-corrected chi connectivity index (χ4v) is 1.69. The second-order valence-corrected chi connectivity index (χ2v) is 4.39. The molecule has 0 unspecified atom stereocenters. The lowest BCUT2D eigenvalue weighted by Crippen LogP contribution is -2.19. The first-order valence-corrected chi connectivity index (χ1v) is 6.21. The maximum atomic E-state index is 10.3. The van der Waals surface area contributed by atoms with Gasteiger partial charge in [0.2, 0.25) is 0 Å². The summed E-state index contributed by atoms with van der Waals surface area (Å²) in [4.78, 5) is 20.5. The van der Waals surface area contributed by atoms with Crippen LogP contribution in [0.15, 0.2) is 0 Å². The van der Waals surface area contributed by atoms with E-state index in [0.29, 0.717) is 12.8 Å². The number of carbonyl (C=O) groups is 2. The minimum Gasteiger partial charge on any atom is -0.481 e. The van der Waals surface area contributed by atoms with Crippen LogP contribution in [0.2, 0.25) is 0 Å². The molecular formula is C12H23NO4. The lowest BCUT2D eigenvalue weighted by Gasteiger charge is -2.10. The topological polar surface area (TPSA) is 101 Å². The van der Waals surface area contributed by atoms with Gasteiger partial charge in [0.15, 0.2) is 0 Å². The van der Waals surface area contributed by atoms with Crippen molar-refractivity contribution in [3.05, 3.63) is 0 Å². The molecule has 0 aromatic rings. The van der Waals surface area contributed by atoms with E-state index in [9.17, 15) is 9.59 Å². The summed E-state index contributed by atoms with van der Waals surface area (Å²) in [6.45, 7) is 0. The van der Waals surface area contributed by atoms with Gasteiger partial charge in [-0.2, -0.15) is 0 Å². The van der Waals surface area contributed by atoms with E-state index >= 15 is 0 Å². The standard InChI is InChI=1S/C12H23NO4/c13-10(7-4-5-9-12(16)17)6-2-1-3-8-11(14)15/h10H,1-9,13H2,(H,14,15)(H,16,17)/t10-/m1/s1. The van der Waals surface area contributed by atoms with E-state index in [4.69, 9.17) is 15.9 Å². The number of rotatable bonds is 11. The molecule has 1 atom stereocenters. The molecule has 0 heterocycles. The van der Waals surface area contributed by atoms with E-state index in [1.54, 1.807) is 0 Å². The largest absolute Gasteiger partial charge is 0.481 e. The third-order valence-electron chi connectivity index (χ3n) is 2.68. The van der Waals surface area contributed by atoms with Crippen molar-refractivity contribution < 1.29 is 19.8 Å². The molecule has 0 aliphatic carbocycles. The van der Waals surface area contributed by atoms with Crippen LogP contribution in [0.5, 0.6) is 0 Å². The van der Waals surface area contributed by atoms with Crippen molar-refractivity contribution in [2.24, 2.45) is 5.73 Å². The molecule has 0 bridgehead atoms. The van der Waals surface area contributed by atoms with Gasteiger partial charge in [0.1, 0.15) is 0 Å². The number of carboxylic acids is 2. The van der Waals surface area contributed by atoms with Crippen LogP contribution in [-0.2, 0) is 9.59 Å². The Morgan fingerprint density at radius 2 is 1.24 bits per heavy atom. The number of hydrogen-bond donors (Lipinski definition) is 3. The molecule has 0 spiro atoms. The average Bonchev–Trinajstić information content (AvgIpc) is 2.23. The molecule has 0 aromatic carbocycles. The smallest absolute Gasteiger partial charge is 0.303 e. The van der Waals surface area contributed by atoms with Gasteiger partial charge in [-0.1, -0.05) is 19.3 Å². The SMILES string of the molecule is N[C@H](CCCCCC(=O)O)CCCCC(=O)O. The zero-order valence-electron chi connectivity index (χ0n) is 10.2. The van der Waals surface area contributed by atoms with E-state index in [2.05, 4.69) is 0 Å². The molecule has 0 aromatic heterocycles. The zero-order valence-corrected chi connectivity index (χ0v) is 10.2. The van der Waals surface area contributed by atoms with Crippen molar-refractivity contribution >= 4 is 11.9 Å². The minimum atomic E-state index is -0.757. The average molecular weight is 245 g/mol. The van der Waals surface area contributed by atoms with Gasteiger partial charge in [-0.25, -0.2) is 0 Å². The number of hydrogen-bond acceptors (Lipinski definition) is 3. The van der Waals surface area contributed by atoms with E-state index < -0.39 is 11.9 Å². The molecule has 17 heavy (non-hydrogen) atoms. The summed E-state index contributed by atoms with van der Waals surface area (Å²) in [5.74, 6) is -1.50. The van der Waals surface area contributed by atoms with Gasteiger partial charge in [-0.3, -0.25) is 9.59 Å². The molecule has 0 saturated heterocycles. The first kappa shape index (κ1) is 15.9. The molecule has 0 radical (unpaired) electrons. The summed E-state index contributed by atoms with van der Waals surface area (Å²) in [7, 11) is 0. The fourth-order valence-electron chi connectivity index (χ4n) is 1.69. The van der Waals surface area contributed by atoms with Crippen LogP contribution in [0.25, 0.3) is 0 Å². The van der Waals surface area contributed by atoms with Gasteiger partial charge in [-0.05, 0) is 25.7 Å². The summed E-state index contributed by atoms with van der Waals surface area (Å²) in [5.41, 5.74) is 5.87. The Labute approximate surface area is 102 Å². The van der Waals surface area contributed by atoms with Crippen LogP contribution in [0.3, 0.4) is 0 Å². The highest BCUT2D eigenvalue weighted by Crippen LogP contribution is 2.10. The maximum Gasteiger partial charge on any atom is 0.303 e. The van der Waals surface area contributed by atoms with Crippen LogP contribution < -0.4 is 5.73 Å². The van der Waals surface area contributed by atoms with Crippen LogP contribution in [0.4, 0.5) is 0 Å². The molecule has 0 amide bonds. The Morgan fingerprint density at radius 3 is 1.71 bits per heavy atom. The van der Waals surface area contributed by atoms with Gasteiger partial charge in [-0.15, -0.1) is 0 Å². The van der Waals surface area contributed by atoms with Crippen molar-refractivity contribution in [2.75, 3.05) is 0 Å². The predicted molar refractivity (Wildman–Crippen MR) is 64.8 cm³/mol. The Hall–Kier alpha value is -1.10. The molecule has 0 aliphatic heterocycles. The van der Waals surface area contributed by atoms with Crippen LogP contribution >= 0.6 is 0 Å². The van der Waals surface area contributed by atoms with Gasteiger partial charge >= 0.3 is 11.9 Å². The van der Waals surface area contributed by atoms with Crippen molar-refractivity contribution in [3.8, 4) is 0 Å². The Morgan fingerprint density at radius 1 is 0.824 bits per heavy atom. The molecule has 100 valence electrons. The Balaban J connectivity index is 3.25. The highest BCUT2D eigenvalue weighted by Gasteiger charge is 2.04. The van der Waals surface area contributed by atoms with Crippen LogP contribution in [0.1, 0.15) is 57.8 Å². The number of carboxylic acid groups (broad SMARTS) is 2. The molecule has 5 nitrogen and oxygen atoms in total. The molecule has 0 fully saturated rings. The van der Waals surface area contributed by atoms with Crippen molar-refractivity contribution in [2.45, 2.75) is 63.8 Å². The lowest BCUT2D eigenvalue weighted by atomic mass is 10.0. The summed E-state index contributed by atoms with van der Waals surface area (Å²) in [6.07, 6.45) is 6.28. The van der Waals surface area contributed by atoms with Gasteiger partial charge in [0.25, 0.3) is 0 Å². The summed E-state index contributed by atoms with van der Waals surface area (Å²) in [5, 5.41) is 16.9. The third-order valence-corrected chi connectivity index (χ3v) is 2.68.